The van der Waals surface area contributed by atoms with Gasteiger partial charge in [0.2, 0.25) is 5.91 Å². The van der Waals surface area contributed by atoms with Crippen LogP contribution in [0.5, 0.6) is 0 Å². The SMILES string of the molecule is CCN1CCCC(NC(=O)C2(CN)CCC2)C1. The highest BCUT2D eigenvalue weighted by Gasteiger charge is 2.43. The summed E-state index contributed by atoms with van der Waals surface area (Å²) in [7, 11) is 0. The topological polar surface area (TPSA) is 58.4 Å². The van der Waals surface area contributed by atoms with E-state index in [0.29, 0.717) is 12.6 Å². The van der Waals surface area contributed by atoms with Crippen molar-refractivity contribution < 1.29 is 4.79 Å². The first-order valence-electron chi connectivity index (χ1n) is 6.93. The van der Waals surface area contributed by atoms with Crippen LogP contribution in [-0.4, -0.2) is 43.0 Å². The van der Waals surface area contributed by atoms with Crippen LogP contribution >= 0.6 is 0 Å². The number of piperidine rings is 1. The van der Waals surface area contributed by atoms with E-state index in [1.54, 1.807) is 0 Å². The lowest BCUT2D eigenvalue weighted by Gasteiger charge is -2.41. The van der Waals surface area contributed by atoms with Crippen LogP contribution in [0.1, 0.15) is 39.0 Å². The molecule has 2 aliphatic rings. The van der Waals surface area contributed by atoms with Crippen LogP contribution in [0.25, 0.3) is 0 Å². The first-order valence-corrected chi connectivity index (χ1v) is 6.93. The lowest BCUT2D eigenvalue weighted by molar-refractivity contribution is -0.136. The second-order valence-corrected chi connectivity index (χ2v) is 5.54. The van der Waals surface area contributed by atoms with Gasteiger partial charge in [-0.2, -0.15) is 0 Å². The van der Waals surface area contributed by atoms with Crippen LogP contribution in [0.15, 0.2) is 0 Å². The van der Waals surface area contributed by atoms with Gasteiger partial charge in [-0.05, 0) is 38.8 Å². The first kappa shape index (κ1) is 12.8. The van der Waals surface area contributed by atoms with Gasteiger partial charge in [-0.3, -0.25) is 4.79 Å². The summed E-state index contributed by atoms with van der Waals surface area (Å²) in [5.41, 5.74) is 5.53. The monoisotopic (exact) mass is 239 g/mol. The molecule has 0 aromatic rings. The molecule has 3 N–H and O–H groups in total. The van der Waals surface area contributed by atoms with Crippen LogP contribution in [0.2, 0.25) is 0 Å². The van der Waals surface area contributed by atoms with Crippen molar-refractivity contribution in [2.75, 3.05) is 26.2 Å². The number of hydrogen-bond donors (Lipinski definition) is 2. The number of nitrogens with one attached hydrogen (secondary N) is 1. The molecule has 1 amide bonds. The molecule has 2 fully saturated rings. The number of carbonyl (C=O) groups is 1. The van der Waals surface area contributed by atoms with Crippen LogP contribution in [0.4, 0.5) is 0 Å². The average molecular weight is 239 g/mol. The van der Waals surface area contributed by atoms with Gasteiger partial charge in [0, 0.05) is 19.1 Å². The molecule has 17 heavy (non-hydrogen) atoms. The summed E-state index contributed by atoms with van der Waals surface area (Å²) >= 11 is 0. The van der Waals surface area contributed by atoms with Crippen molar-refractivity contribution in [3.05, 3.63) is 0 Å². The molecule has 0 radical (unpaired) electrons. The summed E-state index contributed by atoms with van der Waals surface area (Å²) in [5, 5.41) is 3.22. The minimum atomic E-state index is -0.228. The molecule has 0 aromatic heterocycles. The van der Waals surface area contributed by atoms with Crippen molar-refractivity contribution in [2.24, 2.45) is 11.1 Å². The number of nitrogens with zero attached hydrogens (tertiary/aromatic N) is 1. The molecule has 1 heterocycles. The maximum atomic E-state index is 12.2. The van der Waals surface area contributed by atoms with Crippen molar-refractivity contribution in [1.29, 1.82) is 0 Å². The van der Waals surface area contributed by atoms with Gasteiger partial charge >= 0.3 is 0 Å². The van der Waals surface area contributed by atoms with E-state index in [9.17, 15) is 4.79 Å². The minimum Gasteiger partial charge on any atom is -0.352 e. The average Bonchev–Trinajstić information content (AvgIpc) is 2.28. The van der Waals surface area contributed by atoms with E-state index in [1.165, 1.54) is 13.0 Å². The highest BCUT2D eigenvalue weighted by molar-refractivity contribution is 5.84. The third-order valence-electron chi connectivity index (χ3n) is 4.47. The van der Waals surface area contributed by atoms with Gasteiger partial charge in [-0.1, -0.05) is 13.3 Å². The molecule has 1 aliphatic carbocycles. The number of rotatable bonds is 4. The highest BCUT2D eigenvalue weighted by atomic mass is 16.2. The molecule has 4 heteroatoms. The Bertz CT molecular complexity index is 270. The standard InChI is InChI=1S/C13H25N3O/c1-2-16-8-3-5-11(9-16)15-12(17)13(10-14)6-4-7-13/h11H,2-10,14H2,1H3,(H,15,17). The first-order chi connectivity index (χ1) is 8.20. The summed E-state index contributed by atoms with van der Waals surface area (Å²) < 4.78 is 0. The van der Waals surface area contributed by atoms with Gasteiger partial charge < -0.3 is 16.0 Å². The Balaban J connectivity index is 1.85. The maximum absolute atomic E-state index is 12.2. The molecule has 1 aliphatic heterocycles. The number of nitrogens with two attached hydrogens (primary N) is 1. The molecule has 4 nitrogen and oxygen atoms in total. The lowest BCUT2D eigenvalue weighted by atomic mass is 9.68. The molecule has 98 valence electrons. The minimum absolute atomic E-state index is 0.203. The fourth-order valence-corrected chi connectivity index (χ4v) is 2.93. The Kier molecular flexibility index (Phi) is 4.05. The number of amides is 1. The molecule has 1 saturated heterocycles. The summed E-state index contributed by atoms with van der Waals surface area (Å²) in [6.07, 6.45) is 5.40. The second-order valence-electron chi connectivity index (χ2n) is 5.54. The Morgan fingerprint density at radius 2 is 2.24 bits per heavy atom. The number of likely N-dealkylation sites (N-methyl/N-ethyl adjacent to an activating group) is 1. The van der Waals surface area contributed by atoms with Crippen LogP contribution in [0, 0.1) is 5.41 Å². The fourth-order valence-electron chi connectivity index (χ4n) is 2.93. The van der Waals surface area contributed by atoms with Crippen molar-refractivity contribution in [2.45, 2.75) is 45.1 Å². The quantitative estimate of drug-likeness (QED) is 0.760. The van der Waals surface area contributed by atoms with Gasteiger partial charge in [0.05, 0.1) is 5.41 Å². The van der Waals surface area contributed by atoms with Crippen molar-refractivity contribution in [3.63, 3.8) is 0 Å². The third-order valence-corrected chi connectivity index (χ3v) is 4.47. The normalized spacial score (nSPS) is 28.5. The van der Waals surface area contributed by atoms with E-state index in [0.717, 1.165) is 38.8 Å². The molecular formula is C13H25N3O. The molecule has 1 atom stereocenters. The summed E-state index contributed by atoms with van der Waals surface area (Å²) in [6.45, 7) is 5.93. The van der Waals surface area contributed by atoms with E-state index in [1.807, 2.05) is 0 Å². The Morgan fingerprint density at radius 1 is 1.47 bits per heavy atom. The van der Waals surface area contributed by atoms with Crippen LogP contribution in [0.3, 0.4) is 0 Å². The summed E-state index contributed by atoms with van der Waals surface area (Å²) in [4.78, 5) is 14.6. The zero-order valence-corrected chi connectivity index (χ0v) is 10.9. The van der Waals surface area contributed by atoms with Crippen molar-refractivity contribution in [3.8, 4) is 0 Å². The lowest BCUT2D eigenvalue weighted by Crippen LogP contribution is -2.56. The predicted molar refractivity (Wildman–Crippen MR) is 68.6 cm³/mol. The van der Waals surface area contributed by atoms with Gasteiger partial charge in [-0.15, -0.1) is 0 Å². The van der Waals surface area contributed by atoms with E-state index in [4.69, 9.17) is 5.73 Å². The van der Waals surface area contributed by atoms with E-state index < -0.39 is 0 Å². The van der Waals surface area contributed by atoms with Gasteiger partial charge in [-0.25, -0.2) is 0 Å². The molecule has 0 bridgehead atoms. The van der Waals surface area contributed by atoms with Gasteiger partial charge in [0.15, 0.2) is 0 Å². The van der Waals surface area contributed by atoms with E-state index in [2.05, 4.69) is 17.1 Å². The molecule has 2 rings (SSSR count). The van der Waals surface area contributed by atoms with Crippen LogP contribution < -0.4 is 11.1 Å². The third kappa shape index (κ3) is 2.63. The number of hydrogen-bond acceptors (Lipinski definition) is 3. The maximum Gasteiger partial charge on any atom is 0.227 e. The van der Waals surface area contributed by atoms with E-state index in [-0.39, 0.29) is 11.3 Å². The van der Waals surface area contributed by atoms with Crippen molar-refractivity contribution >= 4 is 5.91 Å². The van der Waals surface area contributed by atoms with Gasteiger partial charge in [0.1, 0.15) is 0 Å². The number of likely N-dealkylation sites (tertiary alicyclic amines) is 1. The second kappa shape index (κ2) is 5.36. The Morgan fingerprint density at radius 3 is 2.76 bits per heavy atom. The molecule has 0 aromatic carbocycles. The summed E-state index contributed by atoms with van der Waals surface area (Å²) in [5.74, 6) is 0.203. The van der Waals surface area contributed by atoms with E-state index >= 15 is 0 Å². The smallest absolute Gasteiger partial charge is 0.227 e. The zero-order chi connectivity index (χ0) is 12.3. The largest absolute Gasteiger partial charge is 0.352 e. The zero-order valence-electron chi connectivity index (χ0n) is 10.9. The Labute approximate surface area is 104 Å². The van der Waals surface area contributed by atoms with Crippen LogP contribution in [-0.2, 0) is 4.79 Å². The summed E-state index contributed by atoms with van der Waals surface area (Å²) in [6, 6.07) is 0.334. The van der Waals surface area contributed by atoms with Crippen molar-refractivity contribution in [1.82, 2.24) is 10.2 Å². The molecule has 0 spiro atoms. The van der Waals surface area contributed by atoms with Gasteiger partial charge in [0.25, 0.3) is 0 Å². The molecular weight excluding hydrogens is 214 g/mol. The predicted octanol–water partition coefficient (Wildman–Crippen LogP) is 0.716. The Hall–Kier alpha value is -0.610. The fraction of sp³-hybridized carbons (Fsp3) is 0.923. The molecule has 1 saturated carbocycles. The highest BCUT2D eigenvalue weighted by Crippen LogP contribution is 2.40. The number of carbonyl (C=O) groups excluding carboxylic acids is 1. The molecule has 1 unspecified atom stereocenters.